The monoisotopic (exact) mass is 225 g/mol. The van der Waals surface area contributed by atoms with E-state index in [0.717, 1.165) is 0 Å². The number of benzene rings is 1. The molecule has 0 atom stereocenters. The van der Waals surface area contributed by atoms with Crippen molar-refractivity contribution in [1.29, 1.82) is 0 Å². The van der Waals surface area contributed by atoms with E-state index < -0.39 is 0 Å². The van der Waals surface area contributed by atoms with Gasteiger partial charge in [0.05, 0.1) is 10.7 Å². The molecule has 4 N–H and O–H groups in total. The average Bonchev–Trinajstić information content (AvgIpc) is 2.16. The number of hydrogen-bond acceptors (Lipinski definition) is 4. The van der Waals surface area contributed by atoms with Crippen molar-refractivity contribution in [2.75, 3.05) is 5.01 Å². The van der Waals surface area contributed by atoms with E-state index in [0.29, 0.717) is 28.3 Å². The number of anilines is 1. The second-order valence-electron chi connectivity index (χ2n) is 3.10. The SMILES string of the molecule is C/C(N)=C/N(N)c1ccc(C=O)c(Cl)c1. The van der Waals surface area contributed by atoms with Crippen LogP contribution in [0.15, 0.2) is 30.1 Å². The molecule has 1 aromatic carbocycles. The number of carbonyl (C=O) groups excluding carboxylic acids is 1. The van der Waals surface area contributed by atoms with Crippen molar-refractivity contribution >= 4 is 23.6 Å². The molecule has 0 heterocycles. The Bertz CT molecular complexity index is 400. The van der Waals surface area contributed by atoms with Gasteiger partial charge < -0.3 is 5.73 Å². The maximum atomic E-state index is 10.5. The summed E-state index contributed by atoms with van der Waals surface area (Å²) in [6.45, 7) is 1.72. The maximum absolute atomic E-state index is 10.5. The lowest BCUT2D eigenvalue weighted by atomic mass is 10.2. The van der Waals surface area contributed by atoms with Crippen LogP contribution in [0.4, 0.5) is 5.69 Å². The van der Waals surface area contributed by atoms with Crippen LogP contribution in [0.2, 0.25) is 5.02 Å². The van der Waals surface area contributed by atoms with Crippen LogP contribution in [0.1, 0.15) is 17.3 Å². The number of nitrogens with two attached hydrogens (primary N) is 2. The predicted octanol–water partition coefficient (Wildman–Crippen LogP) is 1.65. The first-order valence-electron chi connectivity index (χ1n) is 4.27. The van der Waals surface area contributed by atoms with E-state index in [-0.39, 0.29) is 0 Å². The molecule has 4 nitrogen and oxygen atoms in total. The molecule has 0 radical (unpaired) electrons. The van der Waals surface area contributed by atoms with Crippen LogP contribution >= 0.6 is 11.6 Å². The molecule has 0 aliphatic heterocycles. The first-order chi connectivity index (χ1) is 7.04. The number of hydrogen-bond donors (Lipinski definition) is 2. The van der Waals surface area contributed by atoms with Crippen molar-refractivity contribution in [3.8, 4) is 0 Å². The van der Waals surface area contributed by atoms with Crippen molar-refractivity contribution in [3.63, 3.8) is 0 Å². The molecule has 1 rings (SSSR count). The van der Waals surface area contributed by atoms with Crippen LogP contribution in [-0.4, -0.2) is 6.29 Å². The van der Waals surface area contributed by atoms with E-state index in [1.807, 2.05) is 0 Å². The van der Waals surface area contributed by atoms with Crippen molar-refractivity contribution in [1.82, 2.24) is 0 Å². The van der Waals surface area contributed by atoms with Crippen molar-refractivity contribution < 1.29 is 4.79 Å². The van der Waals surface area contributed by atoms with Gasteiger partial charge in [-0.25, -0.2) is 5.84 Å². The number of aldehydes is 1. The highest BCUT2D eigenvalue weighted by atomic mass is 35.5. The van der Waals surface area contributed by atoms with Gasteiger partial charge in [-0.3, -0.25) is 9.80 Å². The molecule has 0 saturated heterocycles. The minimum absolute atomic E-state index is 0.362. The van der Waals surface area contributed by atoms with Gasteiger partial charge in [0.2, 0.25) is 0 Å². The standard InChI is InChI=1S/C10H12ClN3O/c1-7(12)5-14(13)9-3-2-8(6-15)10(11)4-9/h2-6H,12-13H2,1H3/b7-5-. The Kier molecular flexibility index (Phi) is 3.71. The second-order valence-corrected chi connectivity index (χ2v) is 3.51. The molecule has 0 fully saturated rings. The van der Waals surface area contributed by atoms with Crippen LogP contribution in [0, 0.1) is 0 Å². The summed E-state index contributed by atoms with van der Waals surface area (Å²) in [6.07, 6.45) is 2.25. The van der Waals surface area contributed by atoms with Gasteiger partial charge in [-0.05, 0) is 25.1 Å². The lowest BCUT2D eigenvalue weighted by Crippen LogP contribution is -2.25. The highest BCUT2D eigenvalue weighted by molar-refractivity contribution is 6.33. The van der Waals surface area contributed by atoms with E-state index in [9.17, 15) is 4.79 Å². The van der Waals surface area contributed by atoms with E-state index in [2.05, 4.69) is 0 Å². The fourth-order valence-corrected chi connectivity index (χ4v) is 1.29. The molecule has 0 aliphatic rings. The molecule has 0 amide bonds. The molecule has 0 unspecified atom stereocenters. The molecule has 0 spiro atoms. The number of allylic oxidation sites excluding steroid dienone is 1. The molecule has 0 aliphatic carbocycles. The third kappa shape index (κ3) is 2.97. The Morgan fingerprint density at radius 2 is 2.20 bits per heavy atom. The Labute approximate surface area is 93.1 Å². The van der Waals surface area contributed by atoms with Gasteiger partial charge in [-0.1, -0.05) is 11.6 Å². The van der Waals surface area contributed by atoms with Crippen molar-refractivity contribution in [3.05, 3.63) is 40.7 Å². The quantitative estimate of drug-likeness (QED) is 0.466. The molecule has 15 heavy (non-hydrogen) atoms. The van der Waals surface area contributed by atoms with E-state index in [1.54, 1.807) is 31.3 Å². The molecule has 1 aromatic rings. The molecular weight excluding hydrogens is 214 g/mol. The van der Waals surface area contributed by atoms with Crippen LogP contribution in [0.5, 0.6) is 0 Å². The van der Waals surface area contributed by atoms with E-state index in [4.69, 9.17) is 23.2 Å². The minimum atomic E-state index is 0.362. The van der Waals surface area contributed by atoms with Gasteiger partial charge in [0, 0.05) is 17.5 Å². The minimum Gasteiger partial charge on any atom is -0.401 e. The smallest absolute Gasteiger partial charge is 0.151 e. The normalized spacial score (nSPS) is 11.3. The molecule has 5 heteroatoms. The fourth-order valence-electron chi connectivity index (χ4n) is 1.07. The third-order valence-electron chi connectivity index (χ3n) is 1.75. The van der Waals surface area contributed by atoms with Crippen molar-refractivity contribution in [2.45, 2.75) is 6.92 Å². The van der Waals surface area contributed by atoms with Crippen molar-refractivity contribution in [2.24, 2.45) is 11.6 Å². The second kappa shape index (κ2) is 4.82. The van der Waals surface area contributed by atoms with Gasteiger partial charge in [-0.2, -0.15) is 0 Å². The highest BCUT2D eigenvalue weighted by Gasteiger charge is 2.03. The van der Waals surface area contributed by atoms with Gasteiger partial charge in [0.25, 0.3) is 0 Å². The molecule has 80 valence electrons. The predicted molar refractivity (Wildman–Crippen MR) is 61.5 cm³/mol. The maximum Gasteiger partial charge on any atom is 0.151 e. The summed E-state index contributed by atoms with van der Waals surface area (Å²) in [5.41, 5.74) is 7.15. The first kappa shape index (κ1) is 11.6. The number of rotatable bonds is 3. The summed E-state index contributed by atoms with van der Waals surface area (Å²) in [4.78, 5) is 10.5. The van der Waals surface area contributed by atoms with Crippen LogP contribution < -0.4 is 16.6 Å². The molecule has 0 saturated carbocycles. The molecule has 0 bridgehead atoms. The summed E-state index contributed by atoms with van der Waals surface area (Å²) in [7, 11) is 0. The van der Waals surface area contributed by atoms with Gasteiger partial charge >= 0.3 is 0 Å². The third-order valence-corrected chi connectivity index (χ3v) is 2.08. The molecular formula is C10H12ClN3O. The first-order valence-corrected chi connectivity index (χ1v) is 4.65. The number of carbonyl (C=O) groups is 1. The fraction of sp³-hybridized carbons (Fsp3) is 0.100. The largest absolute Gasteiger partial charge is 0.401 e. The van der Waals surface area contributed by atoms with Gasteiger partial charge in [0.15, 0.2) is 6.29 Å². The summed E-state index contributed by atoms with van der Waals surface area (Å²) in [5, 5.41) is 1.71. The Morgan fingerprint density at radius 1 is 1.53 bits per heavy atom. The lowest BCUT2D eigenvalue weighted by molar-refractivity contribution is 0.112. The topological polar surface area (TPSA) is 72.3 Å². The van der Waals surface area contributed by atoms with Gasteiger partial charge in [-0.15, -0.1) is 0 Å². The summed E-state index contributed by atoms with van der Waals surface area (Å²) in [5.74, 6) is 5.69. The van der Waals surface area contributed by atoms with E-state index in [1.165, 1.54) is 5.01 Å². The number of hydrazine groups is 1. The van der Waals surface area contributed by atoms with E-state index >= 15 is 0 Å². The Balaban J connectivity index is 3.02. The average molecular weight is 226 g/mol. The van der Waals surface area contributed by atoms with Crippen LogP contribution in [0.3, 0.4) is 0 Å². The zero-order valence-corrected chi connectivity index (χ0v) is 9.03. The highest BCUT2D eigenvalue weighted by Crippen LogP contribution is 2.21. The summed E-state index contributed by atoms with van der Waals surface area (Å²) < 4.78 is 0. The Hall–Kier alpha value is -1.52. The Morgan fingerprint density at radius 3 is 2.67 bits per heavy atom. The van der Waals surface area contributed by atoms with Crippen LogP contribution in [-0.2, 0) is 0 Å². The summed E-state index contributed by atoms with van der Waals surface area (Å²) >= 11 is 5.84. The lowest BCUT2D eigenvalue weighted by Gasteiger charge is -2.14. The zero-order chi connectivity index (χ0) is 11.4. The number of nitrogens with zero attached hydrogens (tertiary/aromatic N) is 1. The molecule has 0 aromatic heterocycles. The van der Waals surface area contributed by atoms with Crippen LogP contribution in [0.25, 0.3) is 0 Å². The van der Waals surface area contributed by atoms with Gasteiger partial charge in [0.1, 0.15) is 0 Å². The zero-order valence-electron chi connectivity index (χ0n) is 8.27. The number of halogens is 1. The summed E-state index contributed by atoms with van der Waals surface area (Å²) in [6, 6.07) is 4.89.